The van der Waals surface area contributed by atoms with E-state index in [0.29, 0.717) is 25.8 Å². The van der Waals surface area contributed by atoms with E-state index in [1.165, 1.54) is 4.90 Å². The van der Waals surface area contributed by atoms with Gasteiger partial charge in [-0.15, -0.1) is 0 Å². The predicted molar refractivity (Wildman–Crippen MR) is 160 cm³/mol. The van der Waals surface area contributed by atoms with Crippen LogP contribution in [0.5, 0.6) is 0 Å². The van der Waals surface area contributed by atoms with Gasteiger partial charge in [0.1, 0.15) is 18.1 Å². The van der Waals surface area contributed by atoms with Crippen LogP contribution in [0.3, 0.4) is 0 Å². The molecule has 2 heterocycles. The number of likely N-dealkylation sites (tertiary alicyclic amines) is 1. The molecular formula is C30H45N7O7. The molecule has 2 aliphatic rings. The van der Waals surface area contributed by atoms with Crippen molar-refractivity contribution in [3.8, 4) is 0 Å². The summed E-state index contributed by atoms with van der Waals surface area (Å²) < 4.78 is 0. The highest BCUT2D eigenvalue weighted by molar-refractivity contribution is 5.94. The van der Waals surface area contributed by atoms with Gasteiger partial charge in [-0.25, -0.2) is 0 Å². The van der Waals surface area contributed by atoms with Crippen molar-refractivity contribution in [2.24, 2.45) is 17.4 Å². The normalized spacial score (nSPS) is 20.8. The Kier molecular flexibility index (Phi) is 12.6. The first-order chi connectivity index (χ1) is 20.9. The zero-order valence-corrected chi connectivity index (χ0v) is 25.3. The molecule has 9 N–H and O–H groups in total. The minimum Gasteiger partial charge on any atom is -0.381 e. The highest BCUT2D eigenvalue weighted by Gasteiger charge is 2.40. The van der Waals surface area contributed by atoms with Crippen molar-refractivity contribution in [3.63, 3.8) is 0 Å². The van der Waals surface area contributed by atoms with Crippen molar-refractivity contribution in [1.82, 2.24) is 26.2 Å². The van der Waals surface area contributed by atoms with Crippen molar-refractivity contribution in [1.29, 1.82) is 0 Å². The summed E-state index contributed by atoms with van der Waals surface area (Å²) in [7, 11) is 0. The van der Waals surface area contributed by atoms with Crippen LogP contribution < -0.4 is 32.7 Å². The number of nitrogens with zero attached hydrogens (tertiary/aromatic N) is 1. The van der Waals surface area contributed by atoms with E-state index in [1.54, 1.807) is 44.2 Å². The van der Waals surface area contributed by atoms with Crippen LogP contribution in [0.2, 0.25) is 0 Å². The Labute approximate surface area is 257 Å². The molecule has 1 aromatic rings. The van der Waals surface area contributed by atoms with Crippen LogP contribution in [0.4, 0.5) is 0 Å². The maximum Gasteiger partial charge on any atom is 0.254 e. The summed E-state index contributed by atoms with van der Waals surface area (Å²) >= 11 is 0. The van der Waals surface area contributed by atoms with Crippen LogP contribution in [-0.4, -0.2) is 94.9 Å². The van der Waals surface area contributed by atoms with Gasteiger partial charge in [0, 0.05) is 13.0 Å². The second-order valence-electron chi connectivity index (χ2n) is 11.8. The molecule has 0 saturated carbocycles. The lowest BCUT2D eigenvalue weighted by Crippen LogP contribution is -2.60. The fraction of sp³-hybridized carbons (Fsp3) is 0.600. The maximum atomic E-state index is 13.7. The molecule has 0 aliphatic carbocycles. The SMILES string of the molecule is CC(C)[C@H](NC(=O)[C@H](CCC(N)=O)NC(=O)[C@@H]1CCCN1)C(=O)N[C@@H](Cc1ccccc1)[C@H](O)C(=O)N1CCC[C@H]1C(N)=O. The molecule has 2 aliphatic heterocycles. The summed E-state index contributed by atoms with van der Waals surface area (Å²) in [4.78, 5) is 77.8. The molecule has 6 atom stereocenters. The largest absolute Gasteiger partial charge is 0.381 e. The molecule has 0 spiro atoms. The quantitative estimate of drug-likeness (QED) is 0.119. The highest BCUT2D eigenvalue weighted by Crippen LogP contribution is 2.20. The average Bonchev–Trinajstić information content (AvgIpc) is 3.70. The number of carbonyl (C=O) groups is 6. The second kappa shape index (κ2) is 16.1. The van der Waals surface area contributed by atoms with Crippen molar-refractivity contribution in [2.45, 2.75) is 95.1 Å². The molecule has 0 unspecified atom stereocenters. The van der Waals surface area contributed by atoms with Gasteiger partial charge < -0.3 is 42.7 Å². The number of carbonyl (C=O) groups excluding carboxylic acids is 6. The van der Waals surface area contributed by atoms with Crippen LogP contribution in [-0.2, 0) is 35.2 Å². The fourth-order valence-electron chi connectivity index (χ4n) is 5.58. The lowest BCUT2D eigenvalue weighted by molar-refractivity contribution is -0.146. The van der Waals surface area contributed by atoms with E-state index in [4.69, 9.17) is 11.5 Å². The van der Waals surface area contributed by atoms with Gasteiger partial charge in [0.15, 0.2) is 6.10 Å². The second-order valence-corrected chi connectivity index (χ2v) is 11.8. The Bertz CT molecular complexity index is 1190. The molecule has 1 aromatic carbocycles. The molecule has 0 radical (unpaired) electrons. The molecule has 242 valence electrons. The number of nitrogens with one attached hydrogen (secondary N) is 4. The zero-order valence-electron chi connectivity index (χ0n) is 25.3. The summed E-state index contributed by atoms with van der Waals surface area (Å²) in [5.74, 6) is -4.21. The number of nitrogens with two attached hydrogens (primary N) is 2. The molecule has 14 heteroatoms. The van der Waals surface area contributed by atoms with Crippen LogP contribution >= 0.6 is 0 Å². The third kappa shape index (κ3) is 9.48. The lowest BCUT2D eigenvalue weighted by Gasteiger charge is -2.32. The number of hydrogen-bond acceptors (Lipinski definition) is 8. The molecule has 14 nitrogen and oxygen atoms in total. The molecule has 2 fully saturated rings. The van der Waals surface area contributed by atoms with Gasteiger partial charge >= 0.3 is 0 Å². The van der Waals surface area contributed by atoms with Gasteiger partial charge in [-0.2, -0.15) is 0 Å². The summed E-state index contributed by atoms with van der Waals surface area (Å²) in [5, 5.41) is 22.4. The summed E-state index contributed by atoms with van der Waals surface area (Å²) in [6.07, 6.45) is 0.503. The smallest absolute Gasteiger partial charge is 0.254 e. The molecule has 0 aromatic heterocycles. The van der Waals surface area contributed by atoms with Gasteiger partial charge in [0.25, 0.3) is 5.91 Å². The first kappa shape index (κ1) is 34.5. The first-order valence-corrected chi connectivity index (χ1v) is 15.1. The molecule has 0 bridgehead atoms. The predicted octanol–water partition coefficient (Wildman–Crippen LogP) is -1.81. The molecule has 2 saturated heterocycles. The molecule has 3 rings (SSSR count). The number of hydrogen-bond donors (Lipinski definition) is 7. The van der Waals surface area contributed by atoms with E-state index >= 15 is 0 Å². The number of primary amides is 2. The van der Waals surface area contributed by atoms with Gasteiger partial charge in [-0.1, -0.05) is 44.2 Å². The van der Waals surface area contributed by atoms with E-state index in [1.807, 2.05) is 0 Å². The van der Waals surface area contributed by atoms with Crippen LogP contribution in [0.25, 0.3) is 0 Å². The lowest BCUT2D eigenvalue weighted by atomic mass is 9.97. The third-order valence-electron chi connectivity index (χ3n) is 8.06. The van der Waals surface area contributed by atoms with E-state index in [0.717, 1.165) is 12.0 Å². The van der Waals surface area contributed by atoms with Crippen LogP contribution in [0.15, 0.2) is 30.3 Å². The van der Waals surface area contributed by atoms with Crippen LogP contribution in [0, 0.1) is 5.92 Å². The summed E-state index contributed by atoms with van der Waals surface area (Å²) in [6.45, 7) is 4.33. The minimum absolute atomic E-state index is 0.0627. The highest BCUT2D eigenvalue weighted by atomic mass is 16.3. The van der Waals surface area contributed by atoms with E-state index in [-0.39, 0.29) is 25.8 Å². The Morgan fingerprint density at radius 1 is 0.977 bits per heavy atom. The average molecular weight is 616 g/mol. The Morgan fingerprint density at radius 2 is 1.68 bits per heavy atom. The minimum atomic E-state index is -1.70. The third-order valence-corrected chi connectivity index (χ3v) is 8.06. The van der Waals surface area contributed by atoms with Crippen molar-refractivity contribution >= 4 is 35.4 Å². The van der Waals surface area contributed by atoms with Crippen LogP contribution in [0.1, 0.15) is 57.9 Å². The Morgan fingerprint density at radius 3 is 2.27 bits per heavy atom. The van der Waals surface area contributed by atoms with Gasteiger partial charge in [-0.3, -0.25) is 28.8 Å². The zero-order chi connectivity index (χ0) is 32.4. The standard InChI is InChI=1S/C30H45N7O7/c1-17(2)24(36-28(42)20(12-13-23(31)38)34-27(41)19-10-6-14-33-19)29(43)35-21(16-18-8-4-3-5-9-18)25(39)30(44)37-15-7-11-22(37)26(32)40/h3-5,8-9,17,19-22,24-25,33,39H,6-7,10-16H2,1-2H3,(H2,31,38)(H2,32,40)(H,34,41)(H,35,43)(H,36,42)/t19-,20-,21-,22-,24-,25-/m0/s1. The van der Waals surface area contributed by atoms with Gasteiger partial charge in [-0.05, 0) is 56.6 Å². The summed E-state index contributed by atoms with van der Waals surface area (Å²) in [6, 6.07) is 4.27. The number of aliphatic hydroxyl groups is 1. The number of aliphatic hydroxyl groups excluding tert-OH is 1. The van der Waals surface area contributed by atoms with Crippen molar-refractivity contribution in [2.75, 3.05) is 13.1 Å². The maximum absolute atomic E-state index is 13.7. The molecular weight excluding hydrogens is 570 g/mol. The van der Waals surface area contributed by atoms with Gasteiger partial charge in [0.05, 0.1) is 12.1 Å². The number of benzene rings is 1. The van der Waals surface area contributed by atoms with E-state index in [2.05, 4.69) is 21.3 Å². The van der Waals surface area contributed by atoms with E-state index in [9.17, 15) is 33.9 Å². The number of amides is 6. The van der Waals surface area contributed by atoms with Crippen molar-refractivity contribution in [3.05, 3.63) is 35.9 Å². The fourth-order valence-corrected chi connectivity index (χ4v) is 5.58. The first-order valence-electron chi connectivity index (χ1n) is 15.1. The molecule has 44 heavy (non-hydrogen) atoms. The van der Waals surface area contributed by atoms with Gasteiger partial charge in [0.2, 0.25) is 29.5 Å². The monoisotopic (exact) mass is 615 g/mol. The number of rotatable bonds is 15. The molecule has 6 amide bonds. The van der Waals surface area contributed by atoms with E-state index < -0.39 is 77.7 Å². The topological polar surface area (TPSA) is 226 Å². The Hall–Kier alpha value is -4.04. The van der Waals surface area contributed by atoms with Crippen molar-refractivity contribution < 1.29 is 33.9 Å². The summed E-state index contributed by atoms with van der Waals surface area (Å²) in [5.41, 5.74) is 11.5. The Balaban J connectivity index is 1.78.